The summed E-state index contributed by atoms with van der Waals surface area (Å²) in [5.41, 5.74) is 1.83. The molecule has 0 radical (unpaired) electrons. The van der Waals surface area contributed by atoms with Gasteiger partial charge < -0.3 is 10.6 Å². The van der Waals surface area contributed by atoms with Crippen molar-refractivity contribution in [1.29, 1.82) is 0 Å². The van der Waals surface area contributed by atoms with Gasteiger partial charge in [0.2, 0.25) is 15.9 Å². The van der Waals surface area contributed by atoms with Crippen molar-refractivity contribution in [3.63, 3.8) is 0 Å². The molecule has 7 nitrogen and oxygen atoms in total. The summed E-state index contributed by atoms with van der Waals surface area (Å²) in [6, 6.07) is 7.68. The number of carbonyl (C=O) groups excluding carboxylic acids is 2. The van der Waals surface area contributed by atoms with Gasteiger partial charge in [0.15, 0.2) is 0 Å². The van der Waals surface area contributed by atoms with Gasteiger partial charge in [-0.15, -0.1) is 11.3 Å². The highest BCUT2D eigenvalue weighted by Gasteiger charge is 2.39. The Morgan fingerprint density at radius 3 is 2.35 bits per heavy atom. The maximum atomic E-state index is 13.4. The van der Waals surface area contributed by atoms with Gasteiger partial charge in [-0.2, -0.15) is 4.31 Å². The van der Waals surface area contributed by atoms with Gasteiger partial charge in [-0.25, -0.2) is 8.42 Å². The average Bonchev–Trinajstić information content (AvgIpc) is 3.23. The Bertz CT molecular complexity index is 1150. The zero-order valence-corrected chi connectivity index (χ0v) is 21.2. The molecule has 0 spiro atoms. The average molecular weight is 502 g/mol. The molecule has 34 heavy (non-hydrogen) atoms. The monoisotopic (exact) mass is 501 g/mol. The third kappa shape index (κ3) is 5.11. The van der Waals surface area contributed by atoms with Gasteiger partial charge in [0.1, 0.15) is 0 Å². The molecular weight excluding hydrogens is 470 g/mol. The molecule has 9 heteroatoms. The van der Waals surface area contributed by atoms with E-state index >= 15 is 0 Å². The van der Waals surface area contributed by atoms with Crippen molar-refractivity contribution in [2.24, 2.45) is 0 Å². The SMILES string of the molecule is C=CC(=O)NC1CC(C)N(S(=O)(=O)c2ccc(NC(=O)c3cc4c(s3)CCCC4)cc2)C(C)C1. The summed E-state index contributed by atoms with van der Waals surface area (Å²) < 4.78 is 28.3. The van der Waals surface area contributed by atoms with Crippen LogP contribution in [-0.2, 0) is 27.7 Å². The maximum absolute atomic E-state index is 13.4. The van der Waals surface area contributed by atoms with Crippen molar-refractivity contribution in [3.05, 3.63) is 58.3 Å². The minimum absolute atomic E-state index is 0.0949. The lowest BCUT2D eigenvalue weighted by Gasteiger charge is -2.41. The largest absolute Gasteiger partial charge is 0.350 e. The fourth-order valence-corrected chi connectivity index (χ4v) is 8.03. The van der Waals surface area contributed by atoms with E-state index in [2.05, 4.69) is 17.2 Å². The van der Waals surface area contributed by atoms with Crippen LogP contribution in [0.3, 0.4) is 0 Å². The molecule has 1 aromatic heterocycles. The highest BCUT2D eigenvalue weighted by molar-refractivity contribution is 7.89. The number of piperidine rings is 1. The number of thiophene rings is 1. The number of nitrogens with zero attached hydrogens (tertiary/aromatic N) is 1. The molecular formula is C25H31N3O4S2. The third-order valence-corrected chi connectivity index (χ3v) is 9.94. The number of rotatable bonds is 6. The van der Waals surface area contributed by atoms with E-state index in [4.69, 9.17) is 0 Å². The lowest BCUT2D eigenvalue weighted by molar-refractivity contribution is -0.117. The second-order valence-corrected chi connectivity index (χ2v) is 12.1. The predicted molar refractivity (Wildman–Crippen MR) is 135 cm³/mol. The van der Waals surface area contributed by atoms with Crippen LogP contribution in [0, 0.1) is 0 Å². The molecule has 4 rings (SSSR count). The topological polar surface area (TPSA) is 95.6 Å². The first-order valence-corrected chi connectivity index (χ1v) is 13.9. The van der Waals surface area contributed by atoms with E-state index in [1.807, 2.05) is 19.9 Å². The number of amides is 2. The minimum atomic E-state index is -3.73. The molecule has 0 saturated carbocycles. The smallest absolute Gasteiger partial charge is 0.265 e. The normalized spacial score (nSPS) is 23.1. The van der Waals surface area contributed by atoms with Gasteiger partial charge in [0, 0.05) is 28.7 Å². The highest BCUT2D eigenvalue weighted by Crippen LogP contribution is 2.32. The maximum Gasteiger partial charge on any atom is 0.265 e. The van der Waals surface area contributed by atoms with E-state index in [1.165, 1.54) is 45.8 Å². The van der Waals surface area contributed by atoms with Crippen LogP contribution in [0.25, 0.3) is 0 Å². The second-order valence-electron chi connectivity index (χ2n) is 9.16. The first-order valence-electron chi connectivity index (χ1n) is 11.7. The lowest BCUT2D eigenvalue weighted by atomic mass is 9.95. The van der Waals surface area contributed by atoms with Gasteiger partial charge >= 0.3 is 0 Å². The molecule has 2 unspecified atom stereocenters. The van der Waals surface area contributed by atoms with Crippen LogP contribution in [0.1, 0.15) is 59.6 Å². The van der Waals surface area contributed by atoms with Crippen molar-refractivity contribution in [1.82, 2.24) is 9.62 Å². The summed E-state index contributed by atoms with van der Waals surface area (Å²) in [6.07, 6.45) is 6.69. The van der Waals surface area contributed by atoms with Crippen molar-refractivity contribution in [2.45, 2.75) is 75.4 Å². The number of hydrogen-bond donors (Lipinski definition) is 2. The zero-order valence-electron chi connectivity index (χ0n) is 19.5. The van der Waals surface area contributed by atoms with Crippen LogP contribution >= 0.6 is 11.3 Å². The van der Waals surface area contributed by atoms with Crippen molar-refractivity contribution in [3.8, 4) is 0 Å². The number of nitrogens with one attached hydrogen (secondary N) is 2. The Kier molecular flexibility index (Phi) is 7.25. The Morgan fingerprint density at radius 1 is 1.09 bits per heavy atom. The van der Waals surface area contributed by atoms with E-state index in [9.17, 15) is 18.0 Å². The number of hydrogen-bond acceptors (Lipinski definition) is 5. The third-order valence-electron chi connectivity index (χ3n) is 6.56. The molecule has 1 aliphatic heterocycles. The molecule has 2 aliphatic rings. The summed E-state index contributed by atoms with van der Waals surface area (Å²) in [5, 5.41) is 5.77. The first-order chi connectivity index (χ1) is 16.2. The van der Waals surface area contributed by atoms with Gasteiger partial charge in [-0.1, -0.05) is 6.58 Å². The van der Waals surface area contributed by atoms with E-state index in [0.29, 0.717) is 23.4 Å². The number of benzene rings is 1. The Balaban J connectivity index is 1.44. The van der Waals surface area contributed by atoms with Crippen molar-refractivity contribution in [2.75, 3.05) is 5.32 Å². The molecule has 1 fully saturated rings. The molecule has 182 valence electrons. The Labute approximate surface area is 205 Å². The Morgan fingerprint density at radius 2 is 1.74 bits per heavy atom. The molecule has 0 bridgehead atoms. The second kappa shape index (κ2) is 10.0. The summed E-state index contributed by atoms with van der Waals surface area (Å²) >= 11 is 1.55. The standard InChI is InChI=1S/C25H31N3O4S2/c1-4-24(29)26-20-13-16(2)28(17(3)14-20)34(31,32)21-11-9-19(10-12-21)27-25(30)23-15-18-7-5-6-8-22(18)33-23/h4,9-12,15-17,20H,1,5-8,13-14H2,2-3H3,(H,26,29)(H,27,30). The van der Waals surface area contributed by atoms with E-state index in [1.54, 1.807) is 23.5 Å². The van der Waals surface area contributed by atoms with Crippen LogP contribution < -0.4 is 10.6 Å². The molecule has 2 N–H and O–H groups in total. The molecule has 2 aromatic rings. The van der Waals surface area contributed by atoms with Crippen LogP contribution in [0.5, 0.6) is 0 Å². The predicted octanol–water partition coefficient (Wildman–Crippen LogP) is 4.11. The van der Waals surface area contributed by atoms with Crippen LogP contribution in [0.2, 0.25) is 0 Å². The zero-order chi connectivity index (χ0) is 24.5. The molecule has 1 saturated heterocycles. The molecule has 2 heterocycles. The summed E-state index contributed by atoms with van der Waals surface area (Å²) in [5.74, 6) is -0.415. The summed E-state index contributed by atoms with van der Waals surface area (Å²) in [4.78, 5) is 26.5. The highest BCUT2D eigenvalue weighted by atomic mass is 32.2. The number of anilines is 1. The lowest BCUT2D eigenvalue weighted by Crippen LogP contribution is -2.54. The molecule has 2 amide bonds. The van der Waals surface area contributed by atoms with Crippen LogP contribution in [-0.4, -0.2) is 42.7 Å². The quantitative estimate of drug-likeness (QED) is 0.583. The summed E-state index contributed by atoms with van der Waals surface area (Å²) in [6.45, 7) is 7.18. The van der Waals surface area contributed by atoms with E-state index < -0.39 is 10.0 Å². The van der Waals surface area contributed by atoms with Crippen LogP contribution in [0.4, 0.5) is 5.69 Å². The van der Waals surface area contributed by atoms with Gasteiger partial charge in [0.25, 0.3) is 5.91 Å². The van der Waals surface area contributed by atoms with Crippen molar-refractivity contribution < 1.29 is 18.0 Å². The van der Waals surface area contributed by atoms with Crippen molar-refractivity contribution >= 4 is 38.9 Å². The fraction of sp³-hybridized carbons (Fsp3) is 0.440. The molecule has 1 aromatic carbocycles. The van der Waals surface area contributed by atoms with Gasteiger partial charge in [-0.05, 0) is 94.3 Å². The van der Waals surface area contributed by atoms with E-state index in [0.717, 1.165) is 12.8 Å². The van der Waals surface area contributed by atoms with Crippen LogP contribution in [0.15, 0.2) is 47.9 Å². The minimum Gasteiger partial charge on any atom is -0.350 e. The van der Waals surface area contributed by atoms with Gasteiger partial charge in [0.05, 0.1) is 9.77 Å². The fourth-order valence-electron chi connectivity index (χ4n) is 5.04. The molecule has 2 atom stereocenters. The Hall–Kier alpha value is -2.49. The number of fused-ring (bicyclic) bond motifs is 1. The molecule has 1 aliphatic carbocycles. The van der Waals surface area contributed by atoms with Gasteiger partial charge in [-0.3, -0.25) is 9.59 Å². The number of carbonyl (C=O) groups is 2. The van der Waals surface area contributed by atoms with E-state index in [-0.39, 0.29) is 34.8 Å². The number of aryl methyl sites for hydroxylation is 2. The number of sulfonamides is 1. The first kappa shape index (κ1) is 24.6. The summed E-state index contributed by atoms with van der Waals surface area (Å²) in [7, 11) is -3.73.